The van der Waals surface area contributed by atoms with Gasteiger partial charge in [-0.3, -0.25) is 9.59 Å². The molecule has 2 aromatic carbocycles. The van der Waals surface area contributed by atoms with Gasteiger partial charge in [-0.05, 0) is 67.4 Å². The molecule has 7 heteroatoms. The highest BCUT2D eigenvalue weighted by Gasteiger charge is 2.29. The van der Waals surface area contributed by atoms with E-state index in [2.05, 4.69) is 15.7 Å². The molecule has 3 aromatic rings. The van der Waals surface area contributed by atoms with Gasteiger partial charge in [-0.15, -0.1) is 0 Å². The SMILES string of the molecule is O=C(Nc1ccc(NC(=O)C2CC2)cc1)c1ccn(-c2ccc(F)cc2)n1. The number of rotatable bonds is 5. The molecule has 2 N–H and O–H groups in total. The van der Waals surface area contributed by atoms with E-state index in [9.17, 15) is 14.0 Å². The molecule has 27 heavy (non-hydrogen) atoms. The Morgan fingerprint density at radius 1 is 0.926 bits per heavy atom. The molecule has 1 saturated carbocycles. The summed E-state index contributed by atoms with van der Waals surface area (Å²) in [5.74, 6) is -0.509. The quantitative estimate of drug-likeness (QED) is 0.726. The Morgan fingerprint density at radius 3 is 2.19 bits per heavy atom. The van der Waals surface area contributed by atoms with E-state index < -0.39 is 0 Å². The van der Waals surface area contributed by atoms with E-state index in [4.69, 9.17) is 0 Å². The molecule has 1 aliphatic rings. The second-order valence-electron chi connectivity index (χ2n) is 6.42. The van der Waals surface area contributed by atoms with Crippen LogP contribution in [0.4, 0.5) is 15.8 Å². The minimum atomic E-state index is -0.356. The number of hydrogen-bond donors (Lipinski definition) is 2. The van der Waals surface area contributed by atoms with E-state index in [1.807, 2.05) is 0 Å². The number of carbonyl (C=O) groups is 2. The second kappa shape index (κ2) is 7.03. The minimum absolute atomic E-state index is 0.0399. The predicted octanol–water partition coefficient (Wildman–Crippen LogP) is 3.61. The molecule has 6 nitrogen and oxygen atoms in total. The number of nitrogens with zero attached hydrogens (tertiary/aromatic N) is 2. The lowest BCUT2D eigenvalue weighted by Gasteiger charge is -2.07. The highest BCUT2D eigenvalue weighted by atomic mass is 19.1. The largest absolute Gasteiger partial charge is 0.326 e. The summed E-state index contributed by atoms with van der Waals surface area (Å²) in [6.07, 6.45) is 3.54. The van der Waals surface area contributed by atoms with Crippen molar-refractivity contribution in [3.05, 3.63) is 72.3 Å². The Bertz CT molecular complexity index is 976. The predicted molar refractivity (Wildman–Crippen MR) is 99.3 cm³/mol. The maximum atomic E-state index is 13.0. The normalized spacial score (nSPS) is 13.2. The Labute approximate surface area is 155 Å². The van der Waals surface area contributed by atoms with Gasteiger partial charge in [-0.25, -0.2) is 9.07 Å². The number of benzene rings is 2. The van der Waals surface area contributed by atoms with E-state index in [1.54, 1.807) is 48.7 Å². The molecular formula is C20H17FN4O2. The number of carbonyl (C=O) groups excluding carboxylic acids is 2. The van der Waals surface area contributed by atoms with Gasteiger partial charge in [0.2, 0.25) is 5.91 Å². The number of amides is 2. The molecule has 136 valence electrons. The highest BCUT2D eigenvalue weighted by molar-refractivity contribution is 6.03. The first-order valence-corrected chi connectivity index (χ1v) is 8.62. The summed E-state index contributed by atoms with van der Waals surface area (Å²) in [7, 11) is 0. The molecule has 0 radical (unpaired) electrons. The zero-order valence-electron chi connectivity index (χ0n) is 14.4. The zero-order valence-corrected chi connectivity index (χ0v) is 14.4. The summed E-state index contributed by atoms with van der Waals surface area (Å²) in [5, 5.41) is 9.82. The van der Waals surface area contributed by atoms with Crippen molar-refractivity contribution in [1.29, 1.82) is 0 Å². The second-order valence-corrected chi connectivity index (χ2v) is 6.42. The molecule has 1 fully saturated rings. The van der Waals surface area contributed by atoms with Gasteiger partial charge in [0, 0.05) is 23.5 Å². The van der Waals surface area contributed by atoms with Crippen LogP contribution in [0.2, 0.25) is 0 Å². The van der Waals surface area contributed by atoms with Crippen LogP contribution in [0.15, 0.2) is 60.8 Å². The Balaban J connectivity index is 1.40. The minimum Gasteiger partial charge on any atom is -0.326 e. The summed E-state index contributed by atoms with van der Waals surface area (Å²) >= 11 is 0. The summed E-state index contributed by atoms with van der Waals surface area (Å²) in [5.41, 5.74) is 2.20. The van der Waals surface area contributed by atoms with Gasteiger partial charge in [0.25, 0.3) is 5.91 Å². The van der Waals surface area contributed by atoms with Crippen molar-refractivity contribution < 1.29 is 14.0 Å². The van der Waals surface area contributed by atoms with E-state index in [0.29, 0.717) is 17.1 Å². The van der Waals surface area contributed by atoms with Gasteiger partial charge < -0.3 is 10.6 Å². The lowest BCUT2D eigenvalue weighted by atomic mass is 10.2. The van der Waals surface area contributed by atoms with Crippen molar-refractivity contribution in [3.8, 4) is 5.69 Å². The molecule has 1 aliphatic carbocycles. The van der Waals surface area contributed by atoms with Crippen molar-refractivity contribution >= 4 is 23.2 Å². The summed E-state index contributed by atoms with van der Waals surface area (Å²) in [6.45, 7) is 0. The third-order valence-electron chi connectivity index (χ3n) is 4.27. The van der Waals surface area contributed by atoms with Crippen molar-refractivity contribution in [2.24, 2.45) is 5.92 Å². The van der Waals surface area contributed by atoms with Crippen LogP contribution in [-0.2, 0) is 4.79 Å². The first-order valence-electron chi connectivity index (χ1n) is 8.62. The van der Waals surface area contributed by atoms with Crippen LogP contribution in [0.3, 0.4) is 0 Å². The molecule has 0 saturated heterocycles. The smallest absolute Gasteiger partial charge is 0.276 e. The molecule has 0 aliphatic heterocycles. The zero-order chi connectivity index (χ0) is 18.8. The molecule has 2 amide bonds. The van der Waals surface area contributed by atoms with Gasteiger partial charge in [0.05, 0.1) is 5.69 Å². The van der Waals surface area contributed by atoms with Gasteiger partial charge in [-0.2, -0.15) is 5.10 Å². The molecular weight excluding hydrogens is 347 g/mol. The Kier molecular flexibility index (Phi) is 4.42. The van der Waals surface area contributed by atoms with Crippen LogP contribution in [0.5, 0.6) is 0 Å². The van der Waals surface area contributed by atoms with Crippen LogP contribution in [0.1, 0.15) is 23.3 Å². The summed E-state index contributed by atoms with van der Waals surface area (Å²) in [6, 6.07) is 14.3. The van der Waals surface area contributed by atoms with Crippen LogP contribution < -0.4 is 10.6 Å². The van der Waals surface area contributed by atoms with Gasteiger partial charge in [-0.1, -0.05) is 0 Å². The maximum absolute atomic E-state index is 13.0. The topological polar surface area (TPSA) is 76.0 Å². The first-order chi connectivity index (χ1) is 13.1. The fourth-order valence-corrected chi connectivity index (χ4v) is 2.60. The summed E-state index contributed by atoms with van der Waals surface area (Å²) < 4.78 is 14.5. The molecule has 0 atom stereocenters. The molecule has 0 bridgehead atoms. The molecule has 0 unspecified atom stereocenters. The molecule has 4 rings (SSSR count). The van der Waals surface area contributed by atoms with Crippen LogP contribution in [0.25, 0.3) is 5.69 Å². The molecule has 0 spiro atoms. The van der Waals surface area contributed by atoms with E-state index in [0.717, 1.165) is 12.8 Å². The molecule has 1 heterocycles. The van der Waals surface area contributed by atoms with Crippen molar-refractivity contribution in [2.45, 2.75) is 12.8 Å². The van der Waals surface area contributed by atoms with Crippen molar-refractivity contribution in [1.82, 2.24) is 9.78 Å². The summed E-state index contributed by atoms with van der Waals surface area (Å²) in [4.78, 5) is 24.1. The Morgan fingerprint density at radius 2 is 1.56 bits per heavy atom. The lowest BCUT2D eigenvalue weighted by Crippen LogP contribution is -2.14. The van der Waals surface area contributed by atoms with Crippen LogP contribution in [0, 0.1) is 11.7 Å². The van der Waals surface area contributed by atoms with Crippen molar-refractivity contribution in [3.63, 3.8) is 0 Å². The van der Waals surface area contributed by atoms with Gasteiger partial charge in [0.1, 0.15) is 5.82 Å². The average molecular weight is 364 g/mol. The molecule has 1 aromatic heterocycles. The maximum Gasteiger partial charge on any atom is 0.276 e. The fraction of sp³-hybridized carbons (Fsp3) is 0.150. The number of halogens is 1. The third kappa shape index (κ3) is 4.03. The third-order valence-corrected chi connectivity index (χ3v) is 4.27. The lowest BCUT2D eigenvalue weighted by molar-refractivity contribution is -0.117. The van der Waals surface area contributed by atoms with Gasteiger partial charge >= 0.3 is 0 Å². The average Bonchev–Trinajstić information content (AvgIpc) is 3.41. The number of hydrogen-bond acceptors (Lipinski definition) is 3. The first kappa shape index (κ1) is 17.0. The van der Waals surface area contributed by atoms with Crippen LogP contribution >= 0.6 is 0 Å². The van der Waals surface area contributed by atoms with E-state index in [1.165, 1.54) is 16.8 Å². The number of anilines is 2. The van der Waals surface area contributed by atoms with Gasteiger partial charge in [0.15, 0.2) is 5.69 Å². The fourth-order valence-electron chi connectivity index (χ4n) is 2.60. The monoisotopic (exact) mass is 364 g/mol. The van der Waals surface area contributed by atoms with E-state index in [-0.39, 0.29) is 29.2 Å². The standard InChI is InChI=1S/C20H17FN4O2/c21-14-3-9-17(10-4-14)25-12-11-18(24-25)20(27)23-16-7-5-15(6-8-16)22-19(26)13-1-2-13/h3-13H,1-2H2,(H,22,26)(H,23,27). The Hall–Kier alpha value is -3.48. The number of nitrogens with one attached hydrogen (secondary N) is 2. The van der Waals surface area contributed by atoms with E-state index >= 15 is 0 Å². The highest BCUT2D eigenvalue weighted by Crippen LogP contribution is 2.30. The number of aromatic nitrogens is 2. The van der Waals surface area contributed by atoms with Crippen molar-refractivity contribution in [2.75, 3.05) is 10.6 Å². The van der Waals surface area contributed by atoms with Crippen LogP contribution in [-0.4, -0.2) is 21.6 Å².